The molecule has 1 N–H and O–H groups in total. The second kappa shape index (κ2) is 8.53. The van der Waals surface area contributed by atoms with E-state index in [1.54, 1.807) is 54.3 Å². The summed E-state index contributed by atoms with van der Waals surface area (Å²) < 4.78 is 45.3. The standard InChI is InChI=1S/C23H20F3N5O2/c1-13-4-5-16(21(32)28-20-8-9-31(3)30-20)11-19(13)15-6-7-18-17(10-15)12-27-29-22(18)33-14(2)23(24,25)26/h4-12,14H,1-3H3,(H,28,30,32)/t14-/m1/s1. The summed E-state index contributed by atoms with van der Waals surface area (Å²) in [5, 5.41) is 15.4. The van der Waals surface area contributed by atoms with Crippen molar-refractivity contribution in [3.05, 3.63) is 66.0 Å². The van der Waals surface area contributed by atoms with Gasteiger partial charge < -0.3 is 10.1 Å². The van der Waals surface area contributed by atoms with Crippen molar-refractivity contribution >= 4 is 22.5 Å². The number of rotatable bonds is 5. The third kappa shape index (κ3) is 4.79. The van der Waals surface area contributed by atoms with Crippen molar-refractivity contribution in [2.45, 2.75) is 26.1 Å². The number of anilines is 1. The van der Waals surface area contributed by atoms with E-state index in [0.717, 1.165) is 23.6 Å². The third-order valence-corrected chi connectivity index (χ3v) is 5.14. The van der Waals surface area contributed by atoms with Crippen molar-refractivity contribution in [1.29, 1.82) is 0 Å². The molecule has 0 fully saturated rings. The minimum Gasteiger partial charge on any atom is -0.463 e. The van der Waals surface area contributed by atoms with Gasteiger partial charge in [-0.2, -0.15) is 23.4 Å². The Morgan fingerprint density at radius 2 is 1.94 bits per heavy atom. The molecule has 0 spiro atoms. The van der Waals surface area contributed by atoms with Gasteiger partial charge in [0.2, 0.25) is 5.88 Å². The molecule has 10 heteroatoms. The Bertz CT molecular complexity index is 1330. The van der Waals surface area contributed by atoms with Crippen LogP contribution in [0.3, 0.4) is 0 Å². The fourth-order valence-electron chi connectivity index (χ4n) is 3.29. The smallest absolute Gasteiger partial charge is 0.425 e. The molecule has 33 heavy (non-hydrogen) atoms. The number of benzene rings is 2. The molecule has 2 heterocycles. The molecule has 0 radical (unpaired) electrons. The number of hydrogen-bond acceptors (Lipinski definition) is 5. The number of alkyl halides is 3. The Morgan fingerprint density at radius 1 is 1.15 bits per heavy atom. The van der Waals surface area contributed by atoms with Crippen LogP contribution in [0.2, 0.25) is 0 Å². The quantitative estimate of drug-likeness (QED) is 0.462. The van der Waals surface area contributed by atoms with Gasteiger partial charge in [-0.15, -0.1) is 5.10 Å². The molecule has 1 amide bonds. The van der Waals surface area contributed by atoms with Gasteiger partial charge in [0.1, 0.15) is 0 Å². The number of amides is 1. The van der Waals surface area contributed by atoms with Gasteiger partial charge in [-0.25, -0.2) is 0 Å². The number of nitrogens with one attached hydrogen (secondary N) is 1. The van der Waals surface area contributed by atoms with Crippen LogP contribution in [0, 0.1) is 6.92 Å². The molecule has 1 atom stereocenters. The highest BCUT2D eigenvalue weighted by Crippen LogP contribution is 2.32. The molecule has 0 aliphatic heterocycles. The maximum atomic E-state index is 12.9. The highest BCUT2D eigenvalue weighted by Gasteiger charge is 2.38. The normalized spacial score (nSPS) is 12.5. The van der Waals surface area contributed by atoms with Crippen LogP contribution in [0.5, 0.6) is 5.88 Å². The molecular formula is C23H20F3N5O2. The minimum absolute atomic E-state index is 0.191. The molecule has 170 valence electrons. The zero-order chi connectivity index (χ0) is 23.8. The molecule has 7 nitrogen and oxygen atoms in total. The molecule has 0 saturated heterocycles. The third-order valence-electron chi connectivity index (χ3n) is 5.14. The van der Waals surface area contributed by atoms with E-state index in [0.29, 0.717) is 22.2 Å². The molecule has 0 unspecified atom stereocenters. The fraction of sp³-hybridized carbons (Fsp3) is 0.217. The zero-order valence-electron chi connectivity index (χ0n) is 18.0. The molecule has 4 rings (SSSR count). The highest BCUT2D eigenvalue weighted by molar-refractivity contribution is 6.04. The number of fused-ring (bicyclic) bond motifs is 1. The van der Waals surface area contributed by atoms with Gasteiger partial charge in [0.15, 0.2) is 11.9 Å². The molecule has 4 aromatic rings. The lowest BCUT2D eigenvalue weighted by molar-refractivity contribution is -0.189. The van der Waals surface area contributed by atoms with Crippen LogP contribution < -0.4 is 10.1 Å². The maximum absolute atomic E-state index is 12.9. The first-order valence-corrected chi connectivity index (χ1v) is 10.0. The number of aryl methyl sites for hydroxylation is 2. The molecule has 0 aliphatic carbocycles. The number of nitrogens with zero attached hydrogens (tertiary/aromatic N) is 4. The first-order valence-electron chi connectivity index (χ1n) is 10.0. The van der Waals surface area contributed by atoms with Crippen molar-refractivity contribution in [3.63, 3.8) is 0 Å². The largest absolute Gasteiger partial charge is 0.463 e. The Balaban J connectivity index is 1.66. The molecule has 2 aromatic heterocycles. The summed E-state index contributed by atoms with van der Waals surface area (Å²) >= 11 is 0. The summed E-state index contributed by atoms with van der Waals surface area (Å²) in [5.74, 6) is -0.0583. The summed E-state index contributed by atoms with van der Waals surface area (Å²) in [6, 6.07) is 12.2. The van der Waals surface area contributed by atoms with E-state index < -0.39 is 12.3 Å². The predicted octanol–water partition coefficient (Wildman–Crippen LogP) is 4.92. The molecule has 0 bridgehead atoms. The highest BCUT2D eigenvalue weighted by atomic mass is 19.4. The van der Waals surface area contributed by atoms with Crippen molar-refractivity contribution in [2.75, 3.05) is 5.32 Å². The van der Waals surface area contributed by atoms with E-state index in [1.165, 1.54) is 6.20 Å². The summed E-state index contributed by atoms with van der Waals surface area (Å²) in [5.41, 5.74) is 2.94. The van der Waals surface area contributed by atoms with Gasteiger partial charge in [0.25, 0.3) is 5.91 Å². The van der Waals surface area contributed by atoms with Crippen LogP contribution >= 0.6 is 0 Å². The van der Waals surface area contributed by atoms with Crippen molar-refractivity contribution in [1.82, 2.24) is 20.0 Å². The van der Waals surface area contributed by atoms with E-state index in [9.17, 15) is 18.0 Å². The van der Waals surface area contributed by atoms with Crippen LogP contribution in [0.15, 0.2) is 54.9 Å². The fourth-order valence-corrected chi connectivity index (χ4v) is 3.29. The topological polar surface area (TPSA) is 81.9 Å². The van der Waals surface area contributed by atoms with Gasteiger partial charge >= 0.3 is 6.18 Å². The molecule has 0 aliphatic rings. The van der Waals surface area contributed by atoms with Crippen molar-refractivity contribution < 1.29 is 22.7 Å². The first-order chi connectivity index (χ1) is 15.6. The van der Waals surface area contributed by atoms with E-state index in [1.807, 2.05) is 13.0 Å². The lowest BCUT2D eigenvalue weighted by Crippen LogP contribution is -2.31. The number of carbonyl (C=O) groups is 1. The minimum atomic E-state index is -4.52. The summed E-state index contributed by atoms with van der Waals surface area (Å²) in [7, 11) is 1.75. The maximum Gasteiger partial charge on any atom is 0.425 e. The van der Waals surface area contributed by atoms with Crippen LogP contribution in [0.4, 0.5) is 19.0 Å². The lowest BCUT2D eigenvalue weighted by Gasteiger charge is -2.17. The van der Waals surface area contributed by atoms with Gasteiger partial charge in [-0.3, -0.25) is 9.48 Å². The van der Waals surface area contributed by atoms with Gasteiger partial charge in [-0.05, 0) is 54.8 Å². The Kier molecular flexibility index (Phi) is 5.75. The average molecular weight is 455 g/mol. The Morgan fingerprint density at radius 3 is 2.64 bits per heavy atom. The number of aromatic nitrogens is 4. The predicted molar refractivity (Wildman–Crippen MR) is 117 cm³/mol. The van der Waals surface area contributed by atoms with E-state index in [4.69, 9.17) is 4.74 Å². The van der Waals surface area contributed by atoms with Gasteiger partial charge in [0, 0.05) is 35.6 Å². The van der Waals surface area contributed by atoms with Crippen LogP contribution in [-0.4, -0.2) is 38.2 Å². The van der Waals surface area contributed by atoms with E-state index in [-0.39, 0.29) is 11.8 Å². The van der Waals surface area contributed by atoms with Gasteiger partial charge in [0.05, 0.1) is 6.20 Å². The number of halogens is 3. The first kappa shape index (κ1) is 22.3. The Hall–Kier alpha value is -3.95. The van der Waals surface area contributed by atoms with Crippen LogP contribution in [-0.2, 0) is 7.05 Å². The van der Waals surface area contributed by atoms with Crippen molar-refractivity contribution in [3.8, 4) is 17.0 Å². The van der Waals surface area contributed by atoms with E-state index >= 15 is 0 Å². The summed E-state index contributed by atoms with van der Waals surface area (Å²) in [6.45, 7) is 2.82. The second-order valence-electron chi connectivity index (χ2n) is 7.61. The molecular weight excluding hydrogens is 435 g/mol. The van der Waals surface area contributed by atoms with Crippen LogP contribution in [0.1, 0.15) is 22.8 Å². The molecule has 2 aromatic carbocycles. The number of ether oxygens (including phenoxy) is 1. The lowest BCUT2D eigenvalue weighted by atomic mass is 9.96. The molecule has 0 saturated carbocycles. The van der Waals surface area contributed by atoms with Crippen molar-refractivity contribution in [2.24, 2.45) is 7.05 Å². The Labute approximate surface area is 187 Å². The summed E-state index contributed by atoms with van der Waals surface area (Å²) in [6.07, 6.45) is -3.36. The zero-order valence-corrected chi connectivity index (χ0v) is 18.0. The van der Waals surface area contributed by atoms with Crippen LogP contribution in [0.25, 0.3) is 21.9 Å². The monoisotopic (exact) mass is 455 g/mol. The average Bonchev–Trinajstić information content (AvgIpc) is 3.17. The summed E-state index contributed by atoms with van der Waals surface area (Å²) in [4.78, 5) is 12.7. The van der Waals surface area contributed by atoms with Gasteiger partial charge in [-0.1, -0.05) is 12.1 Å². The number of carbonyl (C=O) groups excluding carboxylic acids is 1. The second-order valence-corrected chi connectivity index (χ2v) is 7.61. The van der Waals surface area contributed by atoms with E-state index in [2.05, 4.69) is 20.6 Å². The number of hydrogen-bond donors (Lipinski definition) is 1. The SMILES string of the molecule is Cc1ccc(C(=O)Nc2ccn(C)n2)cc1-c1ccc2c(O[C@H](C)C(F)(F)F)nncc2c1.